The van der Waals surface area contributed by atoms with Crippen LogP contribution in [-0.4, -0.2) is 17.3 Å². The average molecular weight is 429 g/mol. The molecule has 156 valence electrons. The first kappa shape index (κ1) is 21.4. The summed E-state index contributed by atoms with van der Waals surface area (Å²) in [4.78, 5) is 39.9. The van der Waals surface area contributed by atoms with Crippen molar-refractivity contribution < 1.29 is 14.4 Å². The van der Waals surface area contributed by atoms with Gasteiger partial charge < -0.3 is 0 Å². The Kier molecular flexibility index (Phi) is 5.64. The second-order valence-corrected chi connectivity index (χ2v) is 7.75. The molecule has 0 radical (unpaired) electrons. The van der Waals surface area contributed by atoms with Crippen LogP contribution >= 0.6 is 0 Å². The molecule has 0 aromatic heterocycles. The standard InChI is InChI=1S/C27H15N3O3/c28-13-16-4-1-7-19(10-16)25(31)22-23(26(32)20-8-2-5-17(11-20)14-29)24(22)27(33)21-9-3-6-18(12-21)15-30/h1-12,22-24H. The Morgan fingerprint density at radius 3 is 1.03 bits per heavy atom. The molecule has 1 saturated carbocycles. The smallest absolute Gasteiger partial charge is 0.167 e. The maximum absolute atomic E-state index is 13.3. The second-order valence-electron chi connectivity index (χ2n) is 7.75. The van der Waals surface area contributed by atoms with Gasteiger partial charge in [-0.15, -0.1) is 0 Å². The molecule has 0 saturated heterocycles. The number of rotatable bonds is 6. The molecule has 0 spiro atoms. The Balaban J connectivity index is 1.72. The van der Waals surface area contributed by atoms with Crippen molar-refractivity contribution in [3.8, 4) is 18.2 Å². The Bertz CT molecular complexity index is 1250. The van der Waals surface area contributed by atoms with Crippen molar-refractivity contribution in [2.24, 2.45) is 17.8 Å². The van der Waals surface area contributed by atoms with Gasteiger partial charge in [0.25, 0.3) is 0 Å². The fourth-order valence-electron chi connectivity index (χ4n) is 4.09. The van der Waals surface area contributed by atoms with Crippen molar-refractivity contribution in [2.75, 3.05) is 0 Å². The van der Waals surface area contributed by atoms with E-state index in [9.17, 15) is 14.4 Å². The molecule has 0 heterocycles. The van der Waals surface area contributed by atoms with Gasteiger partial charge in [0.15, 0.2) is 17.3 Å². The van der Waals surface area contributed by atoms with E-state index >= 15 is 0 Å². The van der Waals surface area contributed by atoms with Crippen LogP contribution < -0.4 is 0 Å². The molecule has 6 heteroatoms. The minimum absolute atomic E-state index is 0.253. The number of carbonyl (C=O) groups is 3. The zero-order valence-corrected chi connectivity index (χ0v) is 17.2. The average Bonchev–Trinajstić information content (AvgIpc) is 3.62. The molecule has 0 atom stereocenters. The lowest BCUT2D eigenvalue weighted by Crippen LogP contribution is -2.09. The molecule has 0 bridgehead atoms. The number of nitriles is 3. The largest absolute Gasteiger partial charge is 0.294 e. The summed E-state index contributed by atoms with van der Waals surface area (Å²) in [7, 11) is 0. The van der Waals surface area contributed by atoms with Crippen molar-refractivity contribution in [3.63, 3.8) is 0 Å². The van der Waals surface area contributed by atoms with Crippen molar-refractivity contribution in [1.82, 2.24) is 0 Å². The molecule has 1 aliphatic rings. The van der Waals surface area contributed by atoms with Gasteiger partial charge in [-0.2, -0.15) is 15.8 Å². The van der Waals surface area contributed by atoms with Crippen molar-refractivity contribution in [3.05, 3.63) is 106 Å². The predicted molar refractivity (Wildman–Crippen MR) is 117 cm³/mol. The fourth-order valence-corrected chi connectivity index (χ4v) is 4.09. The van der Waals surface area contributed by atoms with Crippen LogP contribution in [0.25, 0.3) is 0 Å². The maximum Gasteiger partial charge on any atom is 0.167 e. The first-order valence-corrected chi connectivity index (χ1v) is 10.1. The minimum atomic E-state index is -0.893. The van der Waals surface area contributed by atoms with E-state index < -0.39 is 35.1 Å². The lowest BCUT2D eigenvalue weighted by molar-refractivity contribution is 0.0906. The Labute approximate surface area is 189 Å². The Morgan fingerprint density at radius 1 is 0.515 bits per heavy atom. The van der Waals surface area contributed by atoms with E-state index in [0.29, 0.717) is 16.7 Å². The van der Waals surface area contributed by atoms with Gasteiger partial charge >= 0.3 is 0 Å². The number of Topliss-reactive ketones (excluding diaryl/α,β-unsaturated/α-hetero) is 3. The first-order valence-electron chi connectivity index (χ1n) is 10.1. The highest BCUT2D eigenvalue weighted by Crippen LogP contribution is 2.51. The molecule has 0 aliphatic heterocycles. The summed E-state index contributed by atoms with van der Waals surface area (Å²) in [6, 6.07) is 24.3. The first-order chi connectivity index (χ1) is 16.0. The molecule has 1 aliphatic carbocycles. The molecule has 33 heavy (non-hydrogen) atoms. The van der Waals surface area contributed by atoms with Gasteiger partial charge in [-0.25, -0.2) is 0 Å². The van der Waals surface area contributed by atoms with Crippen LogP contribution in [0.5, 0.6) is 0 Å². The van der Waals surface area contributed by atoms with Crippen LogP contribution in [0.2, 0.25) is 0 Å². The van der Waals surface area contributed by atoms with Gasteiger partial charge in [-0.3, -0.25) is 14.4 Å². The number of ketones is 3. The number of hydrogen-bond donors (Lipinski definition) is 0. The highest BCUT2D eigenvalue weighted by Gasteiger charge is 2.62. The predicted octanol–water partition coefficient (Wildman–Crippen LogP) is 4.11. The second kappa shape index (κ2) is 8.71. The molecule has 0 unspecified atom stereocenters. The molecule has 4 rings (SSSR count). The zero-order valence-electron chi connectivity index (χ0n) is 17.2. The minimum Gasteiger partial charge on any atom is -0.294 e. The summed E-state index contributed by atoms with van der Waals surface area (Å²) in [6.45, 7) is 0. The maximum atomic E-state index is 13.3. The molecule has 0 N–H and O–H groups in total. The van der Waals surface area contributed by atoms with Crippen LogP contribution in [-0.2, 0) is 0 Å². The third kappa shape index (κ3) is 4.04. The summed E-state index contributed by atoms with van der Waals surface area (Å²) < 4.78 is 0. The van der Waals surface area contributed by atoms with E-state index in [1.54, 1.807) is 54.6 Å². The van der Waals surface area contributed by atoms with Gasteiger partial charge in [0, 0.05) is 34.4 Å². The van der Waals surface area contributed by atoms with Gasteiger partial charge in [-0.1, -0.05) is 36.4 Å². The fraction of sp³-hybridized carbons (Fsp3) is 0.111. The summed E-state index contributed by atoms with van der Waals surface area (Å²) in [5.74, 6) is -3.86. The SMILES string of the molecule is N#Cc1cccc(C(=O)C2C(C(=O)c3cccc(C#N)c3)C2C(=O)c2cccc(C#N)c2)c1. The normalized spacial score (nSPS) is 18.3. The van der Waals surface area contributed by atoms with Gasteiger partial charge in [-0.05, 0) is 36.4 Å². The number of nitrogens with zero attached hydrogens (tertiary/aromatic N) is 3. The van der Waals surface area contributed by atoms with Crippen LogP contribution in [0.3, 0.4) is 0 Å². The van der Waals surface area contributed by atoms with Crippen LogP contribution in [0.15, 0.2) is 72.8 Å². The lowest BCUT2D eigenvalue weighted by atomic mass is 10.00. The number of hydrogen-bond acceptors (Lipinski definition) is 6. The summed E-state index contributed by atoms with van der Waals surface area (Å²) >= 11 is 0. The van der Waals surface area contributed by atoms with E-state index in [4.69, 9.17) is 15.8 Å². The van der Waals surface area contributed by atoms with Crippen LogP contribution in [0.4, 0.5) is 0 Å². The van der Waals surface area contributed by atoms with Crippen LogP contribution in [0.1, 0.15) is 47.8 Å². The van der Waals surface area contributed by atoms with E-state index in [2.05, 4.69) is 0 Å². The Morgan fingerprint density at radius 2 is 0.788 bits per heavy atom. The van der Waals surface area contributed by atoms with Gasteiger partial charge in [0.1, 0.15) is 0 Å². The highest BCUT2D eigenvalue weighted by atomic mass is 16.1. The third-order valence-corrected chi connectivity index (χ3v) is 5.76. The Hall–Kier alpha value is -4.86. The van der Waals surface area contributed by atoms with Crippen molar-refractivity contribution >= 4 is 17.3 Å². The monoisotopic (exact) mass is 429 g/mol. The van der Waals surface area contributed by atoms with Crippen molar-refractivity contribution in [1.29, 1.82) is 15.8 Å². The van der Waals surface area contributed by atoms with E-state index in [-0.39, 0.29) is 16.7 Å². The quantitative estimate of drug-likeness (QED) is 0.543. The lowest BCUT2D eigenvalue weighted by Gasteiger charge is -2.02. The highest BCUT2D eigenvalue weighted by molar-refractivity contribution is 6.16. The van der Waals surface area contributed by atoms with Gasteiger partial charge in [0.2, 0.25) is 0 Å². The molecule has 1 fully saturated rings. The van der Waals surface area contributed by atoms with Crippen molar-refractivity contribution in [2.45, 2.75) is 0 Å². The van der Waals surface area contributed by atoms with E-state index in [0.717, 1.165) is 0 Å². The van der Waals surface area contributed by atoms with Crippen LogP contribution in [0, 0.1) is 51.7 Å². The molecular weight excluding hydrogens is 414 g/mol. The molecule has 3 aromatic rings. The molecule has 3 aromatic carbocycles. The van der Waals surface area contributed by atoms with E-state index in [1.807, 2.05) is 18.2 Å². The molecule has 6 nitrogen and oxygen atoms in total. The topological polar surface area (TPSA) is 123 Å². The van der Waals surface area contributed by atoms with Gasteiger partial charge in [0.05, 0.1) is 34.9 Å². The summed E-state index contributed by atoms with van der Waals surface area (Å²) in [6.07, 6.45) is 0. The molecule has 0 amide bonds. The third-order valence-electron chi connectivity index (χ3n) is 5.76. The van der Waals surface area contributed by atoms with E-state index in [1.165, 1.54) is 18.2 Å². The number of carbonyl (C=O) groups excluding carboxylic acids is 3. The summed E-state index contributed by atoms with van der Waals surface area (Å²) in [5.41, 5.74) is 1.66. The summed E-state index contributed by atoms with van der Waals surface area (Å²) in [5, 5.41) is 27.5. The zero-order chi connectivity index (χ0) is 23.5. The number of benzene rings is 3. The molecular formula is C27H15N3O3.